The van der Waals surface area contributed by atoms with Crippen LogP contribution in [0.1, 0.15) is 16.1 Å². The van der Waals surface area contributed by atoms with Crippen molar-refractivity contribution < 1.29 is 9.21 Å². The fourth-order valence-electron chi connectivity index (χ4n) is 2.25. The number of hydrogen-bond acceptors (Lipinski definition) is 7. The fourth-order valence-corrected chi connectivity index (χ4v) is 2.25. The molecule has 0 aliphatic rings. The Morgan fingerprint density at radius 2 is 1.88 bits per heavy atom. The Morgan fingerprint density at radius 1 is 1.16 bits per heavy atom. The predicted octanol–water partition coefficient (Wildman–Crippen LogP) is 2.25. The molecule has 1 aromatic carbocycles. The van der Waals surface area contributed by atoms with Gasteiger partial charge in [0.1, 0.15) is 5.69 Å². The minimum Gasteiger partial charge on any atom is -0.402 e. The van der Waals surface area contributed by atoms with Gasteiger partial charge in [-0.2, -0.15) is 0 Å². The first-order valence-electron chi connectivity index (χ1n) is 7.67. The summed E-state index contributed by atoms with van der Waals surface area (Å²) in [4.78, 5) is 22.5. The number of nitrogens with one attached hydrogen (secondary N) is 1. The van der Waals surface area contributed by atoms with Gasteiger partial charge in [-0.3, -0.25) is 9.78 Å². The highest BCUT2D eigenvalue weighted by Gasteiger charge is 2.15. The molecule has 0 bridgehead atoms. The zero-order valence-corrected chi connectivity index (χ0v) is 14.4. The third kappa shape index (κ3) is 3.32. The standard InChI is InChI=1S/C17H18N6O2/c1-10-14(15-21-22-17(18-2)25-15)20-13(9-19-10)11-5-7-12(8-6-11)16(24)23(3)4/h5-9H,1-4H3,(H,18,22). The minimum absolute atomic E-state index is 0.0484. The molecule has 1 N–H and O–H groups in total. The molecule has 2 heterocycles. The molecule has 0 aliphatic heterocycles. The molecule has 0 saturated heterocycles. The number of amides is 1. The van der Waals surface area contributed by atoms with Crippen LogP contribution in [0.5, 0.6) is 0 Å². The van der Waals surface area contributed by atoms with Crippen LogP contribution in [0.4, 0.5) is 6.01 Å². The summed E-state index contributed by atoms with van der Waals surface area (Å²) in [5, 5.41) is 10.6. The van der Waals surface area contributed by atoms with E-state index in [1.165, 1.54) is 4.90 Å². The summed E-state index contributed by atoms with van der Waals surface area (Å²) in [6.45, 7) is 1.83. The van der Waals surface area contributed by atoms with E-state index in [4.69, 9.17) is 4.42 Å². The van der Waals surface area contributed by atoms with Crippen LogP contribution in [-0.4, -0.2) is 52.1 Å². The molecule has 3 aromatic rings. The Hall–Kier alpha value is -3.29. The minimum atomic E-state index is -0.0484. The Morgan fingerprint density at radius 3 is 2.48 bits per heavy atom. The summed E-state index contributed by atoms with van der Waals surface area (Å²) in [5.74, 6) is 0.253. The fraction of sp³-hybridized carbons (Fsp3) is 0.235. The molecule has 0 unspecified atom stereocenters. The van der Waals surface area contributed by atoms with Crippen LogP contribution in [-0.2, 0) is 0 Å². The van der Waals surface area contributed by atoms with E-state index < -0.39 is 0 Å². The second-order valence-corrected chi connectivity index (χ2v) is 5.63. The maximum Gasteiger partial charge on any atom is 0.315 e. The molecule has 0 spiro atoms. The van der Waals surface area contributed by atoms with E-state index in [1.807, 2.05) is 19.1 Å². The van der Waals surface area contributed by atoms with Crippen molar-refractivity contribution in [2.24, 2.45) is 0 Å². The first kappa shape index (κ1) is 16.6. The van der Waals surface area contributed by atoms with Crippen LogP contribution in [0.25, 0.3) is 22.8 Å². The van der Waals surface area contributed by atoms with Crippen molar-refractivity contribution in [3.05, 3.63) is 41.7 Å². The van der Waals surface area contributed by atoms with Gasteiger partial charge < -0.3 is 14.6 Å². The van der Waals surface area contributed by atoms with E-state index in [1.54, 1.807) is 39.5 Å². The van der Waals surface area contributed by atoms with Crippen LogP contribution >= 0.6 is 0 Å². The zero-order valence-electron chi connectivity index (χ0n) is 14.4. The van der Waals surface area contributed by atoms with Gasteiger partial charge in [-0.15, -0.1) is 5.10 Å². The molecular formula is C17H18N6O2. The summed E-state index contributed by atoms with van der Waals surface area (Å²) in [6, 6.07) is 7.53. The maximum atomic E-state index is 12.0. The Labute approximate surface area is 144 Å². The summed E-state index contributed by atoms with van der Waals surface area (Å²) in [5.41, 5.74) is 3.34. The van der Waals surface area contributed by atoms with Crippen LogP contribution in [0.2, 0.25) is 0 Å². The third-order valence-electron chi connectivity index (χ3n) is 3.63. The number of rotatable bonds is 4. The van der Waals surface area contributed by atoms with E-state index in [-0.39, 0.29) is 5.91 Å². The smallest absolute Gasteiger partial charge is 0.315 e. The first-order chi connectivity index (χ1) is 12.0. The lowest BCUT2D eigenvalue weighted by atomic mass is 10.1. The van der Waals surface area contributed by atoms with Gasteiger partial charge in [-0.25, -0.2) is 4.98 Å². The van der Waals surface area contributed by atoms with Crippen molar-refractivity contribution in [2.75, 3.05) is 26.5 Å². The molecule has 0 aliphatic carbocycles. The molecule has 0 saturated carbocycles. The monoisotopic (exact) mass is 338 g/mol. The lowest BCUT2D eigenvalue weighted by molar-refractivity contribution is 0.0827. The van der Waals surface area contributed by atoms with Crippen LogP contribution in [0.3, 0.4) is 0 Å². The van der Waals surface area contributed by atoms with Gasteiger partial charge >= 0.3 is 6.01 Å². The lowest BCUT2D eigenvalue weighted by Gasteiger charge is -2.10. The van der Waals surface area contributed by atoms with Gasteiger partial charge in [0.15, 0.2) is 0 Å². The van der Waals surface area contributed by atoms with Gasteiger partial charge in [-0.05, 0) is 19.1 Å². The largest absolute Gasteiger partial charge is 0.402 e. The van der Waals surface area contributed by atoms with Crippen molar-refractivity contribution in [2.45, 2.75) is 6.92 Å². The molecular weight excluding hydrogens is 320 g/mol. The highest BCUT2D eigenvalue weighted by molar-refractivity contribution is 5.94. The number of anilines is 1. The van der Waals surface area contributed by atoms with Crippen LogP contribution in [0.15, 0.2) is 34.9 Å². The van der Waals surface area contributed by atoms with E-state index in [0.717, 1.165) is 5.56 Å². The number of hydrogen-bond donors (Lipinski definition) is 1. The Balaban J connectivity index is 1.95. The SMILES string of the molecule is CNc1nnc(-c2nc(-c3ccc(C(=O)N(C)C)cc3)cnc2C)o1. The van der Waals surface area contributed by atoms with Gasteiger partial charge in [0.2, 0.25) is 0 Å². The van der Waals surface area contributed by atoms with E-state index in [0.29, 0.717) is 34.6 Å². The molecule has 8 nitrogen and oxygen atoms in total. The number of aromatic nitrogens is 4. The van der Waals surface area contributed by atoms with E-state index in [2.05, 4.69) is 25.5 Å². The number of aryl methyl sites for hydroxylation is 1. The molecule has 0 atom stereocenters. The Kier molecular flexibility index (Phi) is 4.42. The second kappa shape index (κ2) is 6.68. The van der Waals surface area contributed by atoms with Gasteiger partial charge in [0.05, 0.1) is 17.6 Å². The molecule has 8 heteroatoms. The predicted molar refractivity (Wildman–Crippen MR) is 93.1 cm³/mol. The average molecular weight is 338 g/mol. The molecule has 25 heavy (non-hydrogen) atoms. The van der Waals surface area contributed by atoms with E-state index >= 15 is 0 Å². The zero-order chi connectivity index (χ0) is 18.0. The maximum absolute atomic E-state index is 12.0. The van der Waals surface area contributed by atoms with Crippen molar-refractivity contribution in [1.82, 2.24) is 25.1 Å². The summed E-state index contributed by atoms with van der Waals surface area (Å²) in [7, 11) is 5.14. The van der Waals surface area contributed by atoms with Gasteiger partial charge in [0, 0.05) is 32.3 Å². The topological polar surface area (TPSA) is 97.0 Å². The summed E-state index contributed by atoms with van der Waals surface area (Å²) in [6.07, 6.45) is 1.68. The van der Waals surface area contributed by atoms with Crippen LogP contribution < -0.4 is 5.32 Å². The van der Waals surface area contributed by atoms with Crippen molar-refractivity contribution in [3.8, 4) is 22.8 Å². The van der Waals surface area contributed by atoms with Gasteiger partial charge in [0.25, 0.3) is 11.8 Å². The Bertz CT molecular complexity index is 902. The molecule has 0 fully saturated rings. The van der Waals surface area contributed by atoms with Gasteiger partial charge in [-0.1, -0.05) is 17.2 Å². The lowest BCUT2D eigenvalue weighted by Crippen LogP contribution is -2.21. The number of benzene rings is 1. The number of carbonyl (C=O) groups excluding carboxylic acids is 1. The second-order valence-electron chi connectivity index (χ2n) is 5.63. The number of nitrogens with zero attached hydrogens (tertiary/aromatic N) is 5. The first-order valence-corrected chi connectivity index (χ1v) is 7.67. The normalized spacial score (nSPS) is 10.6. The molecule has 0 radical (unpaired) electrons. The highest BCUT2D eigenvalue weighted by Crippen LogP contribution is 2.24. The average Bonchev–Trinajstić information content (AvgIpc) is 3.10. The van der Waals surface area contributed by atoms with Crippen molar-refractivity contribution >= 4 is 11.9 Å². The summed E-state index contributed by atoms with van der Waals surface area (Å²) >= 11 is 0. The third-order valence-corrected chi connectivity index (χ3v) is 3.63. The van der Waals surface area contributed by atoms with Crippen molar-refractivity contribution in [1.29, 1.82) is 0 Å². The van der Waals surface area contributed by atoms with Crippen LogP contribution in [0, 0.1) is 6.92 Å². The summed E-state index contributed by atoms with van der Waals surface area (Å²) < 4.78 is 5.48. The molecule has 1 amide bonds. The molecule has 2 aromatic heterocycles. The van der Waals surface area contributed by atoms with E-state index in [9.17, 15) is 4.79 Å². The highest BCUT2D eigenvalue weighted by atomic mass is 16.4. The number of carbonyl (C=O) groups is 1. The molecule has 3 rings (SSSR count). The van der Waals surface area contributed by atoms with Crippen molar-refractivity contribution in [3.63, 3.8) is 0 Å². The quantitative estimate of drug-likeness (QED) is 0.779. The molecule has 128 valence electrons.